The van der Waals surface area contributed by atoms with Crippen molar-refractivity contribution in [1.82, 2.24) is 14.6 Å². The number of nitrogens with zero attached hydrogens (tertiary/aromatic N) is 2. The van der Waals surface area contributed by atoms with Gasteiger partial charge in [-0.2, -0.15) is 0 Å². The van der Waals surface area contributed by atoms with Crippen LogP contribution in [0.3, 0.4) is 0 Å². The number of carbonyl (C=O) groups is 2. The minimum Gasteiger partial charge on any atom is -0.268 e. The summed E-state index contributed by atoms with van der Waals surface area (Å²) >= 11 is 1.08. The molecular weight excluding hydrogens is 374 g/mol. The Bertz CT molecular complexity index is 942. The number of hydrogen-bond acceptors (Lipinski definition) is 6. The zero-order valence-electron chi connectivity index (χ0n) is 13.8. The van der Waals surface area contributed by atoms with Gasteiger partial charge >= 0.3 is 0 Å². The molecule has 3 heterocycles. The Morgan fingerprint density at radius 1 is 1.15 bits per heavy atom. The van der Waals surface area contributed by atoms with Crippen molar-refractivity contribution in [2.75, 3.05) is 0 Å². The maximum absolute atomic E-state index is 12.5. The van der Waals surface area contributed by atoms with Gasteiger partial charge in [-0.25, -0.2) is 13.1 Å². The zero-order valence-corrected chi connectivity index (χ0v) is 15.5. The fourth-order valence-corrected chi connectivity index (χ4v) is 5.99. The summed E-state index contributed by atoms with van der Waals surface area (Å²) in [7, 11) is -3.57. The lowest BCUT2D eigenvalue weighted by molar-refractivity contribution is 0.0642. The fourth-order valence-electron chi connectivity index (χ4n) is 3.32. The first-order valence-corrected chi connectivity index (χ1v) is 10.7. The van der Waals surface area contributed by atoms with E-state index in [4.69, 9.17) is 0 Å². The molecule has 1 aliphatic carbocycles. The maximum atomic E-state index is 12.5. The second-order valence-electron chi connectivity index (χ2n) is 6.42. The summed E-state index contributed by atoms with van der Waals surface area (Å²) in [5, 5.41) is 0. The molecule has 0 aromatic carbocycles. The summed E-state index contributed by atoms with van der Waals surface area (Å²) in [6, 6.07) is 6.34. The molecule has 0 atom stereocenters. The second kappa shape index (κ2) is 6.57. The lowest BCUT2D eigenvalue weighted by atomic mass is 10.2. The Morgan fingerprint density at radius 3 is 2.65 bits per heavy atom. The number of thiophene rings is 1. The van der Waals surface area contributed by atoms with E-state index in [2.05, 4.69) is 9.71 Å². The highest BCUT2D eigenvalue weighted by Crippen LogP contribution is 2.28. The highest BCUT2D eigenvalue weighted by Gasteiger charge is 2.37. The van der Waals surface area contributed by atoms with Crippen molar-refractivity contribution in [3.63, 3.8) is 0 Å². The number of carbonyl (C=O) groups excluding carboxylic acids is 2. The smallest absolute Gasteiger partial charge is 0.268 e. The van der Waals surface area contributed by atoms with Crippen molar-refractivity contribution in [1.29, 1.82) is 0 Å². The van der Waals surface area contributed by atoms with Gasteiger partial charge in [-0.1, -0.05) is 12.8 Å². The molecule has 0 spiro atoms. The fraction of sp³-hybridized carbons (Fsp3) is 0.353. The molecular formula is C17H17N3O4S2. The maximum Gasteiger partial charge on any atom is 0.280 e. The second-order valence-corrected chi connectivity index (χ2v) is 9.53. The van der Waals surface area contributed by atoms with E-state index in [0.717, 1.165) is 41.9 Å². The van der Waals surface area contributed by atoms with Gasteiger partial charge in [0, 0.05) is 17.1 Å². The SMILES string of the molecule is O=C1c2cccnc2C(=O)N1Cc1ccc(S(=O)(=O)NC2CCCC2)s1. The van der Waals surface area contributed by atoms with Crippen LogP contribution in [-0.2, 0) is 16.6 Å². The van der Waals surface area contributed by atoms with Gasteiger partial charge in [0.15, 0.2) is 0 Å². The molecule has 136 valence electrons. The topological polar surface area (TPSA) is 96.4 Å². The minimum absolute atomic E-state index is 0.00661. The highest BCUT2D eigenvalue weighted by molar-refractivity contribution is 7.91. The zero-order chi connectivity index (χ0) is 18.3. The van der Waals surface area contributed by atoms with Gasteiger partial charge in [0.25, 0.3) is 11.8 Å². The summed E-state index contributed by atoms with van der Waals surface area (Å²) in [4.78, 5) is 30.4. The molecule has 1 aliphatic heterocycles. The van der Waals surface area contributed by atoms with Crippen LogP contribution in [0.1, 0.15) is 51.4 Å². The van der Waals surface area contributed by atoms with Crippen molar-refractivity contribution in [3.05, 3.63) is 46.6 Å². The third-order valence-electron chi connectivity index (χ3n) is 4.62. The van der Waals surface area contributed by atoms with Gasteiger partial charge in [0.2, 0.25) is 10.0 Å². The van der Waals surface area contributed by atoms with E-state index in [1.807, 2.05) is 0 Å². The molecule has 9 heteroatoms. The normalized spacial score (nSPS) is 17.9. The van der Waals surface area contributed by atoms with E-state index < -0.39 is 21.8 Å². The molecule has 2 aliphatic rings. The first-order valence-electron chi connectivity index (χ1n) is 8.38. The van der Waals surface area contributed by atoms with E-state index in [1.165, 1.54) is 12.3 Å². The van der Waals surface area contributed by atoms with Crippen LogP contribution in [0.15, 0.2) is 34.7 Å². The van der Waals surface area contributed by atoms with E-state index >= 15 is 0 Å². The molecule has 26 heavy (non-hydrogen) atoms. The number of imide groups is 1. The van der Waals surface area contributed by atoms with Gasteiger partial charge in [-0.3, -0.25) is 19.5 Å². The van der Waals surface area contributed by atoms with Crippen molar-refractivity contribution in [2.24, 2.45) is 0 Å². The summed E-state index contributed by atoms with van der Waals surface area (Å²) in [6.45, 7) is 0.0393. The Morgan fingerprint density at radius 2 is 1.92 bits per heavy atom. The summed E-state index contributed by atoms with van der Waals surface area (Å²) in [6.07, 6.45) is 5.27. The number of fused-ring (bicyclic) bond motifs is 1. The largest absolute Gasteiger partial charge is 0.280 e. The van der Waals surface area contributed by atoms with E-state index in [9.17, 15) is 18.0 Å². The number of hydrogen-bond donors (Lipinski definition) is 1. The lowest BCUT2D eigenvalue weighted by Crippen LogP contribution is -2.32. The number of nitrogens with one attached hydrogen (secondary N) is 1. The standard InChI is InChI=1S/C17H17N3O4S2/c21-16-13-6-3-9-18-15(13)17(22)20(16)10-12-7-8-14(25-12)26(23,24)19-11-4-1-2-5-11/h3,6-9,11,19H,1-2,4-5,10H2. The van der Waals surface area contributed by atoms with Crippen molar-refractivity contribution < 1.29 is 18.0 Å². The van der Waals surface area contributed by atoms with Crippen molar-refractivity contribution in [3.8, 4) is 0 Å². The van der Waals surface area contributed by atoms with Crippen molar-refractivity contribution in [2.45, 2.75) is 42.5 Å². The Kier molecular flexibility index (Phi) is 4.37. The van der Waals surface area contributed by atoms with Crippen LogP contribution in [0.4, 0.5) is 0 Å². The molecule has 4 rings (SSSR count). The number of pyridine rings is 1. The number of sulfonamides is 1. The van der Waals surface area contributed by atoms with Crippen LogP contribution in [0, 0.1) is 0 Å². The molecule has 0 unspecified atom stereocenters. The molecule has 1 N–H and O–H groups in total. The average Bonchev–Trinajstić information content (AvgIpc) is 3.34. The van der Waals surface area contributed by atoms with E-state index in [0.29, 0.717) is 4.88 Å². The van der Waals surface area contributed by atoms with Crippen LogP contribution in [-0.4, -0.2) is 36.2 Å². The van der Waals surface area contributed by atoms with Crippen LogP contribution in [0.25, 0.3) is 0 Å². The first-order chi connectivity index (χ1) is 12.5. The summed E-state index contributed by atoms with van der Waals surface area (Å²) in [5.41, 5.74) is 0.426. The van der Waals surface area contributed by atoms with Crippen LogP contribution in [0.2, 0.25) is 0 Å². The van der Waals surface area contributed by atoms with E-state index in [-0.39, 0.29) is 28.1 Å². The Balaban J connectivity index is 1.51. The summed E-state index contributed by atoms with van der Waals surface area (Å²) < 4.78 is 27.9. The van der Waals surface area contributed by atoms with Gasteiger partial charge in [0.1, 0.15) is 9.90 Å². The third kappa shape index (κ3) is 3.06. The van der Waals surface area contributed by atoms with Gasteiger partial charge < -0.3 is 0 Å². The predicted octanol–water partition coefficient (Wildman–Crippen LogP) is 2.16. The average molecular weight is 391 g/mol. The van der Waals surface area contributed by atoms with Crippen LogP contribution >= 0.6 is 11.3 Å². The molecule has 1 fully saturated rings. The molecule has 2 amide bonds. The molecule has 1 saturated carbocycles. The van der Waals surface area contributed by atoms with Gasteiger partial charge in [-0.15, -0.1) is 11.3 Å². The number of rotatable bonds is 5. The van der Waals surface area contributed by atoms with Gasteiger partial charge in [0.05, 0.1) is 12.1 Å². The molecule has 0 bridgehead atoms. The first kappa shape index (κ1) is 17.3. The third-order valence-corrected chi connectivity index (χ3v) is 7.71. The predicted molar refractivity (Wildman–Crippen MR) is 95.3 cm³/mol. The summed E-state index contributed by atoms with van der Waals surface area (Å²) in [5.74, 6) is -0.854. The molecule has 0 saturated heterocycles. The molecule has 2 aromatic heterocycles. The van der Waals surface area contributed by atoms with Crippen molar-refractivity contribution >= 4 is 33.2 Å². The number of amides is 2. The lowest BCUT2D eigenvalue weighted by Gasteiger charge is -2.12. The Labute approximate surface area is 155 Å². The van der Waals surface area contributed by atoms with Crippen LogP contribution < -0.4 is 4.72 Å². The van der Waals surface area contributed by atoms with E-state index in [1.54, 1.807) is 18.2 Å². The molecule has 2 aromatic rings. The van der Waals surface area contributed by atoms with Gasteiger partial charge in [-0.05, 0) is 37.1 Å². The Hall–Kier alpha value is -2.10. The van der Waals surface area contributed by atoms with Crippen LogP contribution in [0.5, 0.6) is 0 Å². The minimum atomic E-state index is -3.57. The monoisotopic (exact) mass is 391 g/mol. The highest BCUT2D eigenvalue weighted by atomic mass is 32.2. The quantitative estimate of drug-likeness (QED) is 0.788. The molecule has 0 radical (unpaired) electrons. The number of aromatic nitrogens is 1. The molecule has 7 nitrogen and oxygen atoms in total.